The van der Waals surface area contributed by atoms with E-state index in [4.69, 9.17) is 5.84 Å². The first kappa shape index (κ1) is 13.6. The molecule has 16 heavy (non-hydrogen) atoms. The fourth-order valence-corrected chi connectivity index (χ4v) is 2.96. The summed E-state index contributed by atoms with van der Waals surface area (Å²) in [6.07, 6.45) is 6.24. The summed E-state index contributed by atoms with van der Waals surface area (Å²) in [5.41, 5.74) is 4.05. The molecule has 1 heterocycles. The Bertz CT molecular complexity index is 309. The predicted molar refractivity (Wildman–Crippen MR) is 70.4 cm³/mol. The summed E-state index contributed by atoms with van der Waals surface area (Å²) in [5.74, 6) is 5.63. The van der Waals surface area contributed by atoms with Crippen LogP contribution in [0.1, 0.15) is 60.6 Å². The zero-order valence-electron chi connectivity index (χ0n) is 10.5. The van der Waals surface area contributed by atoms with Crippen LogP contribution in [0, 0.1) is 13.8 Å². The first-order chi connectivity index (χ1) is 7.69. The Hall–Kier alpha value is -0.450. The lowest BCUT2D eigenvalue weighted by Gasteiger charge is -2.14. The number of aromatic nitrogens is 1. The minimum absolute atomic E-state index is 0.281. The summed E-state index contributed by atoms with van der Waals surface area (Å²) in [7, 11) is 0. The Morgan fingerprint density at radius 3 is 2.56 bits per heavy atom. The van der Waals surface area contributed by atoms with Crippen molar-refractivity contribution >= 4 is 11.3 Å². The highest BCUT2D eigenvalue weighted by Crippen LogP contribution is 2.27. The molecular weight excluding hydrogens is 218 g/mol. The summed E-state index contributed by atoms with van der Waals surface area (Å²) in [4.78, 5) is 5.75. The second kappa shape index (κ2) is 6.99. The van der Waals surface area contributed by atoms with Gasteiger partial charge in [-0.1, -0.05) is 32.6 Å². The smallest absolute Gasteiger partial charge is 0.0900 e. The van der Waals surface area contributed by atoms with Gasteiger partial charge in [0.05, 0.1) is 16.7 Å². The quantitative estimate of drug-likeness (QED) is 0.438. The van der Waals surface area contributed by atoms with E-state index in [0.717, 1.165) is 17.1 Å². The molecule has 0 aliphatic heterocycles. The fourth-order valence-electron chi connectivity index (χ4n) is 1.94. The van der Waals surface area contributed by atoms with Crippen LogP contribution < -0.4 is 11.3 Å². The van der Waals surface area contributed by atoms with Crippen molar-refractivity contribution in [3.63, 3.8) is 0 Å². The van der Waals surface area contributed by atoms with Crippen molar-refractivity contribution in [2.24, 2.45) is 5.84 Å². The highest BCUT2D eigenvalue weighted by molar-refractivity contribution is 7.11. The molecule has 92 valence electrons. The lowest BCUT2D eigenvalue weighted by molar-refractivity contribution is 0.486. The standard InChI is InChI=1S/C12H23N3S/c1-4-5-6-7-8-11(15-13)12-9(2)14-10(3)16-12/h11,15H,4-8,13H2,1-3H3. The van der Waals surface area contributed by atoms with Crippen molar-refractivity contribution in [3.8, 4) is 0 Å². The molecule has 0 aliphatic carbocycles. The number of nitrogens with two attached hydrogens (primary N) is 1. The third kappa shape index (κ3) is 3.85. The molecule has 0 saturated carbocycles. The average Bonchev–Trinajstić information content (AvgIpc) is 2.58. The second-order valence-electron chi connectivity index (χ2n) is 4.25. The molecule has 4 heteroatoms. The van der Waals surface area contributed by atoms with Gasteiger partial charge in [0.2, 0.25) is 0 Å². The Kier molecular flexibility index (Phi) is 5.95. The first-order valence-corrected chi connectivity index (χ1v) is 6.90. The molecule has 0 bridgehead atoms. The number of hydrogen-bond acceptors (Lipinski definition) is 4. The van der Waals surface area contributed by atoms with Gasteiger partial charge < -0.3 is 0 Å². The summed E-state index contributed by atoms with van der Waals surface area (Å²) >= 11 is 1.76. The van der Waals surface area contributed by atoms with Gasteiger partial charge in [0.1, 0.15) is 0 Å². The van der Waals surface area contributed by atoms with Crippen molar-refractivity contribution in [3.05, 3.63) is 15.6 Å². The number of hydrogen-bond donors (Lipinski definition) is 2. The first-order valence-electron chi connectivity index (χ1n) is 6.09. The maximum Gasteiger partial charge on any atom is 0.0900 e. The molecule has 3 N–H and O–H groups in total. The molecule has 0 aliphatic rings. The minimum Gasteiger partial charge on any atom is -0.271 e. The number of aryl methyl sites for hydroxylation is 2. The Labute approximate surface area is 102 Å². The van der Waals surface area contributed by atoms with Crippen molar-refractivity contribution in [2.45, 2.75) is 58.9 Å². The number of thiazole rings is 1. The maximum absolute atomic E-state index is 5.63. The maximum atomic E-state index is 5.63. The van der Waals surface area contributed by atoms with Crippen LogP contribution in [-0.2, 0) is 0 Å². The Balaban J connectivity index is 2.50. The fraction of sp³-hybridized carbons (Fsp3) is 0.750. The number of nitrogens with one attached hydrogen (secondary N) is 1. The van der Waals surface area contributed by atoms with E-state index in [1.54, 1.807) is 11.3 Å². The van der Waals surface area contributed by atoms with Gasteiger partial charge in [0.15, 0.2) is 0 Å². The van der Waals surface area contributed by atoms with Crippen LogP contribution in [0.25, 0.3) is 0 Å². The molecular formula is C12H23N3S. The average molecular weight is 241 g/mol. The molecule has 1 aromatic heterocycles. The van der Waals surface area contributed by atoms with Crippen LogP contribution in [0.5, 0.6) is 0 Å². The molecule has 0 fully saturated rings. The lowest BCUT2D eigenvalue weighted by atomic mass is 10.1. The SMILES string of the molecule is CCCCCCC(NN)c1sc(C)nc1C. The predicted octanol–water partition coefficient (Wildman–Crippen LogP) is 3.23. The third-order valence-electron chi connectivity index (χ3n) is 2.80. The van der Waals surface area contributed by atoms with Gasteiger partial charge in [-0.15, -0.1) is 11.3 Å². The van der Waals surface area contributed by atoms with Gasteiger partial charge in [-0.05, 0) is 20.3 Å². The molecule has 0 amide bonds. The van der Waals surface area contributed by atoms with Crippen LogP contribution in [0.4, 0.5) is 0 Å². The monoisotopic (exact) mass is 241 g/mol. The van der Waals surface area contributed by atoms with Gasteiger partial charge in [-0.25, -0.2) is 4.98 Å². The second-order valence-corrected chi connectivity index (χ2v) is 5.49. The number of hydrazine groups is 1. The van der Waals surface area contributed by atoms with Crippen LogP contribution >= 0.6 is 11.3 Å². The van der Waals surface area contributed by atoms with Gasteiger partial charge in [0, 0.05) is 4.88 Å². The van der Waals surface area contributed by atoms with Gasteiger partial charge in [-0.2, -0.15) is 0 Å². The minimum atomic E-state index is 0.281. The van der Waals surface area contributed by atoms with E-state index in [1.165, 1.54) is 30.6 Å². The van der Waals surface area contributed by atoms with E-state index in [0.29, 0.717) is 0 Å². The third-order valence-corrected chi connectivity index (χ3v) is 3.99. The number of nitrogens with zero attached hydrogens (tertiary/aromatic N) is 1. The molecule has 1 rings (SSSR count). The van der Waals surface area contributed by atoms with Gasteiger partial charge in [-0.3, -0.25) is 11.3 Å². The van der Waals surface area contributed by atoms with Crippen LogP contribution in [0.2, 0.25) is 0 Å². The number of rotatable bonds is 7. The molecule has 3 nitrogen and oxygen atoms in total. The van der Waals surface area contributed by atoms with E-state index in [-0.39, 0.29) is 6.04 Å². The molecule has 0 saturated heterocycles. The van der Waals surface area contributed by atoms with E-state index in [1.807, 2.05) is 6.92 Å². The Morgan fingerprint density at radius 1 is 1.31 bits per heavy atom. The Morgan fingerprint density at radius 2 is 2.06 bits per heavy atom. The lowest BCUT2D eigenvalue weighted by Crippen LogP contribution is -2.27. The van der Waals surface area contributed by atoms with E-state index >= 15 is 0 Å². The highest BCUT2D eigenvalue weighted by atomic mass is 32.1. The van der Waals surface area contributed by atoms with Crippen LogP contribution in [0.3, 0.4) is 0 Å². The van der Waals surface area contributed by atoms with Gasteiger partial charge in [0.25, 0.3) is 0 Å². The van der Waals surface area contributed by atoms with Crippen molar-refractivity contribution in [1.29, 1.82) is 0 Å². The molecule has 1 unspecified atom stereocenters. The van der Waals surface area contributed by atoms with Crippen molar-refractivity contribution in [2.75, 3.05) is 0 Å². The normalized spacial score (nSPS) is 13.0. The summed E-state index contributed by atoms with van der Waals surface area (Å²) in [6.45, 7) is 6.34. The van der Waals surface area contributed by atoms with E-state index in [9.17, 15) is 0 Å². The molecule has 1 aromatic rings. The molecule has 0 spiro atoms. The molecule has 1 atom stereocenters. The molecule has 0 radical (unpaired) electrons. The van der Waals surface area contributed by atoms with E-state index in [2.05, 4.69) is 24.3 Å². The van der Waals surface area contributed by atoms with Crippen LogP contribution in [0.15, 0.2) is 0 Å². The largest absolute Gasteiger partial charge is 0.271 e. The molecule has 0 aromatic carbocycles. The summed E-state index contributed by atoms with van der Waals surface area (Å²) < 4.78 is 0. The zero-order valence-corrected chi connectivity index (χ0v) is 11.4. The van der Waals surface area contributed by atoms with Crippen molar-refractivity contribution in [1.82, 2.24) is 10.4 Å². The van der Waals surface area contributed by atoms with Gasteiger partial charge >= 0.3 is 0 Å². The topological polar surface area (TPSA) is 50.9 Å². The zero-order chi connectivity index (χ0) is 12.0. The number of unbranched alkanes of at least 4 members (excludes halogenated alkanes) is 3. The summed E-state index contributed by atoms with van der Waals surface area (Å²) in [5, 5.41) is 1.13. The summed E-state index contributed by atoms with van der Waals surface area (Å²) in [6, 6.07) is 0.281. The van der Waals surface area contributed by atoms with Crippen molar-refractivity contribution < 1.29 is 0 Å². The van der Waals surface area contributed by atoms with E-state index < -0.39 is 0 Å². The van der Waals surface area contributed by atoms with Crippen LogP contribution in [-0.4, -0.2) is 4.98 Å². The highest BCUT2D eigenvalue weighted by Gasteiger charge is 2.15.